The number of hydrogen-bond donors (Lipinski definition) is 0. The van der Waals surface area contributed by atoms with Gasteiger partial charge < -0.3 is 18.7 Å². The zero-order chi connectivity index (χ0) is 19.5. The van der Waals surface area contributed by atoms with E-state index in [0.29, 0.717) is 19.6 Å². The van der Waals surface area contributed by atoms with Crippen LogP contribution in [0.25, 0.3) is 0 Å². The minimum Gasteiger partial charge on any atom is -0.355 e. The molecule has 1 aliphatic rings. The smallest absolute Gasteiger partial charge is 0.259 e. The van der Waals surface area contributed by atoms with E-state index in [0.717, 1.165) is 19.1 Å². The van der Waals surface area contributed by atoms with Crippen LogP contribution in [0, 0.1) is 11.3 Å². The Morgan fingerprint density at radius 2 is 1.96 bits per heavy atom. The summed E-state index contributed by atoms with van der Waals surface area (Å²) in [5.41, 5.74) is 0. The summed E-state index contributed by atoms with van der Waals surface area (Å²) in [6.45, 7) is 9.28. The Morgan fingerprint density at radius 3 is 2.54 bits per heavy atom. The van der Waals surface area contributed by atoms with Crippen LogP contribution in [-0.2, 0) is 18.6 Å². The van der Waals surface area contributed by atoms with Gasteiger partial charge in [0.05, 0.1) is 31.8 Å². The number of hydrogen-bond acceptors (Lipinski definition) is 7. The lowest BCUT2D eigenvalue weighted by atomic mass is 10.2. The number of nitriles is 1. The minimum atomic E-state index is -1.24. The van der Waals surface area contributed by atoms with Gasteiger partial charge in [-0.1, -0.05) is 0 Å². The van der Waals surface area contributed by atoms with E-state index in [-0.39, 0.29) is 24.4 Å². The molecule has 0 spiro atoms. The Bertz CT molecular complexity index is 474. The molecule has 148 valence electrons. The van der Waals surface area contributed by atoms with Crippen molar-refractivity contribution in [3.05, 3.63) is 12.3 Å². The van der Waals surface area contributed by atoms with E-state index >= 15 is 0 Å². The topological polar surface area (TPSA) is 75.0 Å². The van der Waals surface area contributed by atoms with Gasteiger partial charge >= 0.3 is 0 Å². The molecule has 7 nitrogen and oxygen atoms in total. The van der Waals surface area contributed by atoms with Gasteiger partial charge in [-0.3, -0.25) is 4.79 Å². The highest BCUT2D eigenvalue weighted by Gasteiger charge is 2.31. The average molecular weight is 385 g/mol. The van der Waals surface area contributed by atoms with E-state index < -0.39 is 8.53 Å². The number of carbonyl (C=O) groups is 1. The summed E-state index contributed by atoms with van der Waals surface area (Å²) in [5, 5.41) is 8.75. The van der Waals surface area contributed by atoms with Gasteiger partial charge in [-0.15, -0.1) is 0 Å². The van der Waals surface area contributed by atoms with Crippen LogP contribution in [-0.4, -0.2) is 60.5 Å². The summed E-state index contributed by atoms with van der Waals surface area (Å²) >= 11 is 0. The fourth-order valence-corrected chi connectivity index (χ4v) is 4.47. The van der Waals surface area contributed by atoms with Crippen molar-refractivity contribution < 1.29 is 18.6 Å². The summed E-state index contributed by atoms with van der Waals surface area (Å²) in [6.07, 6.45) is 6.02. The first kappa shape index (κ1) is 23.0. The van der Waals surface area contributed by atoms with Crippen LogP contribution in [0.2, 0.25) is 0 Å². The first-order chi connectivity index (χ1) is 12.4. The number of allylic oxidation sites excluding steroid dienone is 1. The molecular weight excluding hydrogens is 353 g/mol. The van der Waals surface area contributed by atoms with E-state index in [1.165, 1.54) is 6.08 Å². The summed E-state index contributed by atoms with van der Waals surface area (Å²) in [4.78, 5) is 12.3. The van der Waals surface area contributed by atoms with Crippen molar-refractivity contribution in [3.63, 3.8) is 0 Å². The van der Waals surface area contributed by atoms with Crippen LogP contribution in [0.4, 0.5) is 0 Å². The minimum absolute atomic E-state index is 0.00202. The van der Waals surface area contributed by atoms with E-state index in [1.807, 2.05) is 11.9 Å². The van der Waals surface area contributed by atoms with Gasteiger partial charge in [0.15, 0.2) is 0 Å². The van der Waals surface area contributed by atoms with Gasteiger partial charge in [-0.05, 0) is 46.6 Å². The molecule has 3 unspecified atom stereocenters. The van der Waals surface area contributed by atoms with Crippen molar-refractivity contribution in [2.45, 2.75) is 71.4 Å². The van der Waals surface area contributed by atoms with Gasteiger partial charge in [-0.2, -0.15) is 5.26 Å². The van der Waals surface area contributed by atoms with E-state index in [2.05, 4.69) is 38.4 Å². The molecule has 0 aromatic heterocycles. The largest absolute Gasteiger partial charge is 0.355 e. The zero-order valence-corrected chi connectivity index (χ0v) is 17.4. The lowest BCUT2D eigenvalue weighted by Gasteiger charge is -2.36. The fourth-order valence-electron chi connectivity index (χ4n) is 2.84. The number of ether oxygens (including phenoxy) is 1. The molecule has 1 saturated heterocycles. The third-order valence-electron chi connectivity index (χ3n) is 3.97. The number of nitrogens with zero attached hydrogens (tertiary/aromatic N) is 3. The van der Waals surface area contributed by atoms with E-state index in [1.54, 1.807) is 6.20 Å². The van der Waals surface area contributed by atoms with Gasteiger partial charge in [0.1, 0.15) is 12.5 Å². The lowest BCUT2D eigenvalue weighted by molar-refractivity contribution is -0.104. The predicted octanol–water partition coefficient (Wildman–Crippen LogP) is 3.43. The molecule has 1 rings (SSSR count). The molecule has 0 aromatic carbocycles. The summed E-state index contributed by atoms with van der Waals surface area (Å²) in [7, 11) is 0.652. The van der Waals surface area contributed by atoms with Crippen LogP contribution >= 0.6 is 8.53 Å². The SMILES string of the molecule is CC(C)N(C(C)C)P(OCCC#N)OCC1CCC(N(C)/C=C\C=O)O1. The molecule has 0 aliphatic carbocycles. The lowest BCUT2D eigenvalue weighted by Crippen LogP contribution is -2.34. The monoisotopic (exact) mass is 385 g/mol. The summed E-state index contributed by atoms with van der Waals surface area (Å²) in [5.74, 6) is 0. The number of aldehydes is 1. The second kappa shape index (κ2) is 12.4. The van der Waals surface area contributed by atoms with Crippen molar-refractivity contribution >= 4 is 14.8 Å². The Hall–Kier alpha value is -1.03. The number of carbonyl (C=O) groups excluding carboxylic acids is 1. The Labute approximate surface area is 158 Å². The average Bonchev–Trinajstić information content (AvgIpc) is 3.05. The molecule has 0 amide bonds. The van der Waals surface area contributed by atoms with Crippen molar-refractivity contribution in [2.24, 2.45) is 0 Å². The third-order valence-corrected chi connectivity index (χ3v) is 6.05. The molecule has 1 heterocycles. The van der Waals surface area contributed by atoms with Gasteiger partial charge in [0.2, 0.25) is 0 Å². The second-order valence-electron chi connectivity index (χ2n) is 6.78. The molecule has 1 fully saturated rings. The van der Waals surface area contributed by atoms with Gasteiger partial charge in [0.25, 0.3) is 8.53 Å². The molecule has 0 N–H and O–H groups in total. The van der Waals surface area contributed by atoms with Crippen LogP contribution in [0.3, 0.4) is 0 Å². The van der Waals surface area contributed by atoms with Crippen LogP contribution in [0.15, 0.2) is 12.3 Å². The first-order valence-corrected chi connectivity index (χ1v) is 10.2. The molecule has 3 atom stereocenters. The normalized spacial score (nSPS) is 21.7. The third kappa shape index (κ3) is 7.69. The van der Waals surface area contributed by atoms with Crippen molar-refractivity contribution in [1.29, 1.82) is 5.26 Å². The molecule has 0 radical (unpaired) electrons. The van der Waals surface area contributed by atoms with Crippen molar-refractivity contribution in [1.82, 2.24) is 9.57 Å². The van der Waals surface area contributed by atoms with E-state index in [4.69, 9.17) is 19.0 Å². The fraction of sp³-hybridized carbons (Fsp3) is 0.778. The molecular formula is C18H32N3O4P. The van der Waals surface area contributed by atoms with Crippen molar-refractivity contribution in [2.75, 3.05) is 20.3 Å². The van der Waals surface area contributed by atoms with Crippen molar-refractivity contribution in [3.8, 4) is 6.07 Å². The van der Waals surface area contributed by atoms with Crippen LogP contribution in [0.1, 0.15) is 47.0 Å². The van der Waals surface area contributed by atoms with Crippen LogP contribution in [0.5, 0.6) is 0 Å². The second-order valence-corrected chi connectivity index (χ2v) is 8.23. The zero-order valence-electron chi connectivity index (χ0n) is 16.5. The Balaban J connectivity index is 2.59. The van der Waals surface area contributed by atoms with Gasteiger partial charge in [0, 0.05) is 25.3 Å². The highest BCUT2D eigenvalue weighted by atomic mass is 31.2. The molecule has 0 saturated carbocycles. The Morgan fingerprint density at radius 1 is 1.27 bits per heavy atom. The predicted molar refractivity (Wildman–Crippen MR) is 102 cm³/mol. The highest BCUT2D eigenvalue weighted by Crippen LogP contribution is 2.46. The summed E-state index contributed by atoms with van der Waals surface area (Å²) in [6, 6.07) is 2.66. The molecule has 26 heavy (non-hydrogen) atoms. The maximum Gasteiger partial charge on any atom is 0.259 e. The quantitative estimate of drug-likeness (QED) is 0.220. The summed E-state index contributed by atoms with van der Waals surface area (Å²) < 4.78 is 20.2. The Kier molecular flexibility index (Phi) is 11.0. The highest BCUT2D eigenvalue weighted by molar-refractivity contribution is 7.44. The molecule has 0 bridgehead atoms. The maximum atomic E-state index is 10.4. The van der Waals surface area contributed by atoms with Gasteiger partial charge in [-0.25, -0.2) is 4.67 Å². The molecule has 1 aliphatic heterocycles. The number of rotatable bonds is 12. The molecule has 8 heteroatoms. The standard InChI is InChI=1S/C18H32N3O4P/c1-15(2)21(16(3)4)26(23-13-6-10-19)24-14-17-8-9-18(25-17)20(5)11-7-12-22/h7,11-12,15-18H,6,8-9,13-14H2,1-5H3/b11-7-. The first-order valence-electron chi connectivity index (χ1n) is 9.11. The molecule has 0 aromatic rings. The van der Waals surface area contributed by atoms with E-state index in [9.17, 15) is 4.79 Å². The maximum absolute atomic E-state index is 10.4. The van der Waals surface area contributed by atoms with Crippen LogP contribution < -0.4 is 0 Å².